The van der Waals surface area contributed by atoms with E-state index in [0.717, 1.165) is 31.2 Å². The van der Waals surface area contributed by atoms with E-state index in [4.69, 9.17) is 4.98 Å². The van der Waals surface area contributed by atoms with E-state index in [1.165, 1.54) is 41.6 Å². The van der Waals surface area contributed by atoms with Gasteiger partial charge in [-0.1, -0.05) is 6.92 Å². The van der Waals surface area contributed by atoms with Crippen LogP contribution in [0.15, 0.2) is 24.4 Å². The van der Waals surface area contributed by atoms with Crippen LogP contribution in [0.2, 0.25) is 0 Å². The third-order valence-electron chi connectivity index (χ3n) is 5.77. The normalized spacial score (nSPS) is 21.8. The van der Waals surface area contributed by atoms with E-state index in [0.29, 0.717) is 5.92 Å². The van der Waals surface area contributed by atoms with E-state index >= 15 is 0 Å². The molecular weight excluding hydrogens is 320 g/mol. The van der Waals surface area contributed by atoms with Gasteiger partial charge in [-0.15, -0.1) is 0 Å². The lowest BCUT2D eigenvalue weighted by Gasteiger charge is -2.38. The minimum atomic E-state index is 0.150. The molecule has 0 spiro atoms. The first kappa shape index (κ1) is 17.3. The molecule has 1 N–H and O–H groups in total. The molecule has 0 bridgehead atoms. The molecular formula is C22H30N4. The van der Waals surface area contributed by atoms with Gasteiger partial charge in [0.1, 0.15) is 0 Å². The summed E-state index contributed by atoms with van der Waals surface area (Å²) in [6.45, 7) is 11.2. The highest BCUT2D eigenvalue weighted by Gasteiger charge is 2.30. The van der Waals surface area contributed by atoms with Crippen LogP contribution in [0.3, 0.4) is 0 Å². The number of nitrogens with zero attached hydrogens (tertiary/aromatic N) is 3. The van der Waals surface area contributed by atoms with Crippen molar-refractivity contribution < 1.29 is 0 Å². The first-order valence-electron chi connectivity index (χ1n) is 9.94. The zero-order valence-corrected chi connectivity index (χ0v) is 16.5. The van der Waals surface area contributed by atoms with Crippen LogP contribution in [-0.2, 0) is 0 Å². The number of piperidine rings is 1. The molecule has 0 saturated carbocycles. The molecule has 1 aromatic carbocycles. The number of hydrogen-bond acceptors (Lipinski definition) is 4. The van der Waals surface area contributed by atoms with E-state index in [2.05, 4.69) is 55.0 Å². The average molecular weight is 351 g/mol. The third-order valence-corrected chi connectivity index (χ3v) is 5.77. The molecule has 26 heavy (non-hydrogen) atoms. The van der Waals surface area contributed by atoms with E-state index in [1.54, 1.807) is 0 Å². The minimum Gasteiger partial charge on any atom is -0.380 e. The Morgan fingerprint density at radius 2 is 1.92 bits per heavy atom. The van der Waals surface area contributed by atoms with E-state index < -0.39 is 0 Å². The van der Waals surface area contributed by atoms with Crippen LogP contribution >= 0.6 is 0 Å². The first-order valence-corrected chi connectivity index (χ1v) is 9.94. The van der Waals surface area contributed by atoms with Gasteiger partial charge in [-0.2, -0.15) is 0 Å². The molecule has 1 fully saturated rings. The van der Waals surface area contributed by atoms with Gasteiger partial charge in [-0.3, -0.25) is 0 Å². The predicted octanol–water partition coefficient (Wildman–Crippen LogP) is 5.14. The fourth-order valence-electron chi connectivity index (χ4n) is 4.55. The van der Waals surface area contributed by atoms with Crippen LogP contribution in [0.5, 0.6) is 0 Å². The number of rotatable bonds is 2. The molecule has 4 rings (SSSR count). The second kappa shape index (κ2) is 6.57. The van der Waals surface area contributed by atoms with Crippen LogP contribution in [-0.4, -0.2) is 28.6 Å². The fourth-order valence-corrected chi connectivity index (χ4v) is 4.55. The van der Waals surface area contributed by atoms with Gasteiger partial charge in [0, 0.05) is 36.1 Å². The summed E-state index contributed by atoms with van der Waals surface area (Å²) in [5.74, 6) is 1.43. The second-order valence-corrected chi connectivity index (χ2v) is 8.66. The molecule has 1 unspecified atom stereocenters. The molecule has 0 radical (unpaired) electrons. The lowest BCUT2D eigenvalue weighted by Crippen LogP contribution is -2.36. The summed E-state index contributed by atoms with van der Waals surface area (Å²) in [5.41, 5.74) is 6.37. The maximum Gasteiger partial charge on any atom is 0.225 e. The zero-order valence-electron chi connectivity index (χ0n) is 16.5. The van der Waals surface area contributed by atoms with E-state index in [9.17, 15) is 0 Å². The van der Waals surface area contributed by atoms with Gasteiger partial charge in [0.05, 0.1) is 5.69 Å². The molecule has 2 aliphatic heterocycles. The molecule has 2 aliphatic rings. The number of aryl methyl sites for hydroxylation is 1. The van der Waals surface area contributed by atoms with Gasteiger partial charge in [0.2, 0.25) is 5.95 Å². The molecule has 1 saturated heterocycles. The highest BCUT2D eigenvalue weighted by molar-refractivity contribution is 5.72. The van der Waals surface area contributed by atoms with Crippen LogP contribution in [0.1, 0.15) is 63.5 Å². The van der Waals surface area contributed by atoms with Crippen molar-refractivity contribution in [2.45, 2.75) is 64.8 Å². The Morgan fingerprint density at radius 1 is 1.15 bits per heavy atom. The zero-order chi connectivity index (χ0) is 18.3. The largest absolute Gasteiger partial charge is 0.380 e. The molecule has 3 heterocycles. The lowest BCUT2D eigenvalue weighted by molar-refractivity contribution is 0.454. The predicted molar refractivity (Wildman–Crippen MR) is 109 cm³/mol. The Bertz CT molecular complexity index is 806. The van der Waals surface area contributed by atoms with Crippen molar-refractivity contribution in [2.75, 3.05) is 23.3 Å². The Kier molecular flexibility index (Phi) is 4.37. The highest BCUT2D eigenvalue weighted by atomic mass is 15.2. The fraction of sp³-hybridized carbons (Fsp3) is 0.545. The van der Waals surface area contributed by atoms with Crippen LogP contribution in [0.4, 0.5) is 11.6 Å². The molecule has 4 nitrogen and oxygen atoms in total. The van der Waals surface area contributed by atoms with Crippen molar-refractivity contribution in [3.63, 3.8) is 0 Å². The Balaban J connectivity index is 1.71. The SMILES string of the molecule is Cc1cc2c(cc1-c1ccnc(N3CCCCC3)n1)C(C)CC(C)(C)N2. The van der Waals surface area contributed by atoms with E-state index in [-0.39, 0.29) is 5.54 Å². The van der Waals surface area contributed by atoms with Gasteiger partial charge in [-0.25, -0.2) is 9.97 Å². The smallest absolute Gasteiger partial charge is 0.225 e. The molecule has 1 aromatic heterocycles. The quantitative estimate of drug-likeness (QED) is 0.814. The van der Waals surface area contributed by atoms with Gasteiger partial charge in [-0.05, 0) is 81.7 Å². The number of fused-ring (bicyclic) bond motifs is 1. The third kappa shape index (κ3) is 3.29. The highest BCUT2D eigenvalue weighted by Crippen LogP contribution is 2.41. The molecule has 2 aromatic rings. The number of aromatic nitrogens is 2. The summed E-state index contributed by atoms with van der Waals surface area (Å²) in [5, 5.41) is 3.71. The molecule has 1 atom stereocenters. The molecule has 0 amide bonds. The molecule has 0 aliphatic carbocycles. The van der Waals surface area contributed by atoms with Crippen molar-refractivity contribution in [3.8, 4) is 11.3 Å². The van der Waals surface area contributed by atoms with Crippen LogP contribution in [0, 0.1) is 6.92 Å². The standard InChI is InChI=1S/C22H30N4/c1-15-12-20-18(16(2)14-22(3,4)25-20)13-17(15)19-8-9-23-21(24-19)26-10-6-5-7-11-26/h8-9,12-13,16,25H,5-7,10-11,14H2,1-4H3. The lowest BCUT2D eigenvalue weighted by atomic mass is 9.80. The number of anilines is 2. The van der Waals surface area contributed by atoms with Gasteiger partial charge in [0.25, 0.3) is 0 Å². The van der Waals surface area contributed by atoms with E-state index in [1.807, 2.05) is 12.3 Å². The first-order chi connectivity index (χ1) is 12.4. The summed E-state index contributed by atoms with van der Waals surface area (Å²) in [7, 11) is 0. The van der Waals surface area contributed by atoms with Crippen molar-refractivity contribution in [2.24, 2.45) is 0 Å². The Labute approximate surface area is 157 Å². The maximum absolute atomic E-state index is 4.92. The Hall–Kier alpha value is -2.10. The van der Waals surface area contributed by atoms with Crippen molar-refractivity contribution in [1.29, 1.82) is 0 Å². The Morgan fingerprint density at radius 3 is 2.69 bits per heavy atom. The second-order valence-electron chi connectivity index (χ2n) is 8.66. The topological polar surface area (TPSA) is 41.1 Å². The summed E-state index contributed by atoms with van der Waals surface area (Å²) in [6.07, 6.45) is 6.86. The number of benzene rings is 1. The van der Waals surface area contributed by atoms with Gasteiger partial charge >= 0.3 is 0 Å². The summed E-state index contributed by atoms with van der Waals surface area (Å²) >= 11 is 0. The molecule has 4 heteroatoms. The van der Waals surface area contributed by atoms with Crippen molar-refractivity contribution in [3.05, 3.63) is 35.5 Å². The summed E-state index contributed by atoms with van der Waals surface area (Å²) in [4.78, 5) is 11.8. The minimum absolute atomic E-state index is 0.150. The summed E-state index contributed by atoms with van der Waals surface area (Å²) < 4.78 is 0. The average Bonchev–Trinajstić information content (AvgIpc) is 2.61. The number of nitrogens with one attached hydrogen (secondary N) is 1. The number of hydrogen-bond donors (Lipinski definition) is 1. The maximum atomic E-state index is 4.92. The van der Waals surface area contributed by atoms with Gasteiger partial charge < -0.3 is 10.2 Å². The van der Waals surface area contributed by atoms with Crippen molar-refractivity contribution in [1.82, 2.24) is 9.97 Å². The van der Waals surface area contributed by atoms with Crippen molar-refractivity contribution >= 4 is 11.6 Å². The monoisotopic (exact) mass is 350 g/mol. The molecule has 138 valence electrons. The van der Waals surface area contributed by atoms with Crippen LogP contribution in [0.25, 0.3) is 11.3 Å². The summed E-state index contributed by atoms with van der Waals surface area (Å²) in [6, 6.07) is 6.69. The van der Waals surface area contributed by atoms with Gasteiger partial charge in [0.15, 0.2) is 0 Å². The van der Waals surface area contributed by atoms with Crippen LogP contribution < -0.4 is 10.2 Å².